The van der Waals surface area contributed by atoms with Crippen molar-refractivity contribution >= 4 is 13.7 Å². The summed E-state index contributed by atoms with van der Waals surface area (Å²) >= 11 is 0. The molecule has 0 spiro atoms. The van der Waals surface area contributed by atoms with Crippen molar-refractivity contribution < 1.29 is 9.36 Å². The predicted octanol–water partition coefficient (Wildman–Crippen LogP) is 1.31. The van der Waals surface area contributed by atoms with Gasteiger partial charge in [0, 0.05) is 5.92 Å². The van der Waals surface area contributed by atoms with E-state index in [4.69, 9.17) is 0 Å². The van der Waals surface area contributed by atoms with Gasteiger partial charge in [-0.3, -0.25) is 4.79 Å². The van der Waals surface area contributed by atoms with E-state index in [0.717, 1.165) is 0 Å². The lowest BCUT2D eigenvalue weighted by Gasteiger charge is -2.23. The van der Waals surface area contributed by atoms with Crippen molar-refractivity contribution in [2.24, 2.45) is 5.92 Å². The highest BCUT2D eigenvalue weighted by Gasteiger charge is 2.28. The number of carbonyl (C=O) groups excluding carboxylic acids is 1. The maximum absolute atomic E-state index is 11.4. The second kappa shape index (κ2) is 3.99. The Morgan fingerprint density at radius 3 is 2.25 bits per heavy atom. The summed E-state index contributed by atoms with van der Waals surface area (Å²) in [6, 6.07) is 0. The molecule has 0 aromatic carbocycles. The molecule has 1 heterocycles. The summed E-state index contributed by atoms with van der Waals surface area (Å²) < 4.78 is 11.0. The molecule has 4 heteroatoms. The normalized spacial score (nSPS) is 18.6. The van der Waals surface area contributed by atoms with Crippen molar-refractivity contribution in [2.45, 2.75) is 13.8 Å². The van der Waals surface area contributed by atoms with Gasteiger partial charge in [-0.25, -0.2) is 0 Å². The molecule has 0 aromatic heterocycles. The van der Waals surface area contributed by atoms with Gasteiger partial charge in [0.05, 0.1) is 13.1 Å². The van der Waals surface area contributed by atoms with Crippen LogP contribution in [0.1, 0.15) is 13.8 Å². The van der Waals surface area contributed by atoms with Gasteiger partial charge >= 0.3 is 7.80 Å². The highest BCUT2D eigenvalue weighted by atomic mass is 31.1. The van der Waals surface area contributed by atoms with Gasteiger partial charge in [0.25, 0.3) is 0 Å². The fourth-order valence-corrected chi connectivity index (χ4v) is 2.43. The third kappa shape index (κ3) is 2.28. The zero-order valence-corrected chi connectivity index (χ0v) is 8.51. The molecule has 1 rings (SSSR count). The van der Waals surface area contributed by atoms with Crippen molar-refractivity contribution in [3.63, 3.8) is 0 Å². The number of hydrogen-bond donors (Lipinski definition) is 0. The monoisotopic (exact) mass is 188 g/mol. The Morgan fingerprint density at radius 1 is 1.33 bits per heavy atom. The summed E-state index contributed by atoms with van der Waals surface area (Å²) in [7, 11) is -1.01. The fraction of sp³-hybridized carbons (Fsp3) is 0.875. The number of rotatable bonds is 1. The highest BCUT2D eigenvalue weighted by molar-refractivity contribution is 7.44. The third-order valence-electron chi connectivity index (χ3n) is 2.04. The molecule has 0 atom stereocenters. The molecule has 1 fully saturated rings. The van der Waals surface area contributed by atoms with Gasteiger partial charge in [0.2, 0.25) is 5.91 Å². The first-order chi connectivity index (χ1) is 5.61. The second-order valence-corrected chi connectivity index (χ2v) is 5.27. The van der Waals surface area contributed by atoms with E-state index in [1.54, 1.807) is 0 Å². The van der Waals surface area contributed by atoms with E-state index in [1.807, 2.05) is 18.7 Å². The topological polar surface area (TPSA) is 37.4 Å². The van der Waals surface area contributed by atoms with E-state index in [9.17, 15) is 9.36 Å². The first-order valence-corrected chi connectivity index (χ1v) is 5.95. The minimum absolute atomic E-state index is 0.0704. The van der Waals surface area contributed by atoms with Gasteiger partial charge in [-0.15, -0.1) is 0 Å². The molecule has 0 radical (unpaired) electrons. The van der Waals surface area contributed by atoms with Gasteiger partial charge in [-0.1, -0.05) is 18.4 Å². The maximum Gasteiger partial charge on any atom is 0.342 e. The van der Waals surface area contributed by atoms with Crippen LogP contribution < -0.4 is 0 Å². The molecule has 1 amide bonds. The lowest BCUT2D eigenvalue weighted by atomic mass is 10.2. The van der Waals surface area contributed by atoms with Gasteiger partial charge in [0.15, 0.2) is 12.3 Å². The molecular formula is C8H15NO2P+. The molecule has 0 bridgehead atoms. The van der Waals surface area contributed by atoms with Crippen molar-refractivity contribution in [1.29, 1.82) is 0 Å². The van der Waals surface area contributed by atoms with E-state index >= 15 is 0 Å². The summed E-state index contributed by atoms with van der Waals surface area (Å²) in [5.74, 6) is 0.263. The lowest BCUT2D eigenvalue weighted by molar-refractivity contribution is -0.134. The molecule has 0 unspecified atom stereocenters. The lowest BCUT2D eigenvalue weighted by Crippen LogP contribution is -2.40. The molecule has 68 valence electrons. The van der Waals surface area contributed by atoms with Gasteiger partial charge < -0.3 is 4.90 Å². The SMILES string of the molecule is CC(C)C(=O)N1CC[P+](=O)CC1. The first-order valence-electron chi connectivity index (χ1n) is 4.32. The van der Waals surface area contributed by atoms with E-state index in [-0.39, 0.29) is 11.8 Å². The largest absolute Gasteiger partial charge is 0.342 e. The van der Waals surface area contributed by atoms with Gasteiger partial charge in [0.1, 0.15) is 0 Å². The maximum atomic E-state index is 11.4. The van der Waals surface area contributed by atoms with Crippen LogP contribution in [0.25, 0.3) is 0 Å². The molecule has 1 aliphatic rings. The van der Waals surface area contributed by atoms with E-state index in [2.05, 4.69) is 0 Å². The number of nitrogens with zero attached hydrogens (tertiary/aromatic N) is 1. The summed E-state index contributed by atoms with van der Waals surface area (Å²) in [4.78, 5) is 13.3. The average Bonchev–Trinajstić information content (AvgIpc) is 2.04. The van der Waals surface area contributed by atoms with Gasteiger partial charge in [-0.05, 0) is 0 Å². The number of carbonyl (C=O) groups is 1. The minimum atomic E-state index is -1.01. The van der Waals surface area contributed by atoms with Crippen LogP contribution in [0.5, 0.6) is 0 Å². The Bertz CT molecular complexity index is 193. The minimum Gasteiger partial charge on any atom is -0.334 e. The third-order valence-corrected chi connectivity index (χ3v) is 3.44. The standard InChI is InChI=1S/C8H15NO2P/c1-7(2)8(10)9-3-5-12(11)6-4-9/h7H,3-6H2,1-2H3/q+1. The van der Waals surface area contributed by atoms with E-state index in [0.29, 0.717) is 25.4 Å². The number of amides is 1. The van der Waals surface area contributed by atoms with Crippen molar-refractivity contribution in [1.82, 2.24) is 4.90 Å². The van der Waals surface area contributed by atoms with Crippen molar-refractivity contribution in [3.8, 4) is 0 Å². The van der Waals surface area contributed by atoms with E-state index < -0.39 is 7.80 Å². The molecule has 0 aromatic rings. The highest BCUT2D eigenvalue weighted by Crippen LogP contribution is 2.24. The Balaban J connectivity index is 2.44. The Kier molecular flexibility index (Phi) is 3.21. The van der Waals surface area contributed by atoms with Crippen LogP contribution in [0, 0.1) is 5.92 Å². The first kappa shape index (κ1) is 9.66. The summed E-state index contributed by atoms with van der Waals surface area (Å²) in [6.07, 6.45) is 1.38. The summed E-state index contributed by atoms with van der Waals surface area (Å²) in [6.45, 7) is 5.17. The average molecular weight is 188 g/mol. The second-order valence-electron chi connectivity index (χ2n) is 3.41. The van der Waals surface area contributed by atoms with Crippen LogP contribution in [0.3, 0.4) is 0 Å². The predicted molar refractivity (Wildman–Crippen MR) is 48.8 cm³/mol. The van der Waals surface area contributed by atoms with Crippen LogP contribution in [0.2, 0.25) is 0 Å². The van der Waals surface area contributed by atoms with Crippen molar-refractivity contribution in [2.75, 3.05) is 25.4 Å². The molecule has 0 N–H and O–H groups in total. The molecule has 3 nitrogen and oxygen atoms in total. The Hall–Kier alpha value is -0.430. The van der Waals surface area contributed by atoms with E-state index in [1.165, 1.54) is 0 Å². The van der Waals surface area contributed by atoms with Crippen LogP contribution in [0.4, 0.5) is 0 Å². The molecule has 1 saturated heterocycles. The number of hydrogen-bond acceptors (Lipinski definition) is 2. The molecule has 1 aliphatic heterocycles. The van der Waals surface area contributed by atoms with Gasteiger partial charge in [-0.2, -0.15) is 0 Å². The quantitative estimate of drug-likeness (QED) is 0.582. The molecule has 0 saturated carbocycles. The zero-order valence-electron chi connectivity index (χ0n) is 7.62. The molecule has 0 aliphatic carbocycles. The molecule has 12 heavy (non-hydrogen) atoms. The van der Waals surface area contributed by atoms with Crippen LogP contribution in [-0.4, -0.2) is 36.2 Å². The molecular weight excluding hydrogens is 173 g/mol. The van der Waals surface area contributed by atoms with Crippen molar-refractivity contribution in [3.05, 3.63) is 0 Å². The Morgan fingerprint density at radius 2 is 1.83 bits per heavy atom. The Labute approximate surface area is 73.9 Å². The summed E-state index contributed by atoms with van der Waals surface area (Å²) in [5.41, 5.74) is 0. The zero-order chi connectivity index (χ0) is 9.14. The van der Waals surface area contributed by atoms with Crippen LogP contribution >= 0.6 is 7.80 Å². The smallest absolute Gasteiger partial charge is 0.334 e. The van der Waals surface area contributed by atoms with Crippen LogP contribution in [-0.2, 0) is 9.36 Å². The fourth-order valence-electron chi connectivity index (χ4n) is 1.27. The summed E-state index contributed by atoms with van der Waals surface area (Å²) in [5, 5.41) is 0. The van der Waals surface area contributed by atoms with Crippen LogP contribution in [0.15, 0.2) is 0 Å².